The van der Waals surface area contributed by atoms with Crippen molar-refractivity contribution in [2.75, 3.05) is 19.5 Å². The molecular weight excluding hydrogens is 395 g/mol. The molecule has 1 aromatic heterocycles. The highest BCUT2D eigenvalue weighted by Crippen LogP contribution is 2.34. The van der Waals surface area contributed by atoms with E-state index >= 15 is 0 Å². The van der Waals surface area contributed by atoms with E-state index in [1.54, 1.807) is 26.4 Å². The van der Waals surface area contributed by atoms with Crippen LogP contribution in [-0.4, -0.2) is 25.1 Å². The van der Waals surface area contributed by atoms with E-state index in [0.717, 1.165) is 16.5 Å². The zero-order chi connectivity index (χ0) is 22.0. The summed E-state index contributed by atoms with van der Waals surface area (Å²) in [5, 5.41) is 3.57. The Bertz CT molecular complexity index is 1270. The summed E-state index contributed by atoms with van der Waals surface area (Å²) in [6.07, 6.45) is 0. The summed E-state index contributed by atoms with van der Waals surface area (Å²) < 4.78 is 24.0. The molecule has 0 bridgehead atoms. The molecule has 0 spiro atoms. The number of carbonyl (C=O) groups is 1. The topological polar surface area (TPSA) is 60.5 Å². The molecule has 0 saturated heterocycles. The van der Waals surface area contributed by atoms with Crippen molar-refractivity contribution >= 4 is 22.5 Å². The number of aromatic nitrogens is 1. The van der Waals surface area contributed by atoms with Crippen LogP contribution < -0.4 is 14.8 Å². The number of hydrogen-bond acceptors (Lipinski definition) is 4. The molecule has 0 radical (unpaired) electrons. The van der Waals surface area contributed by atoms with Gasteiger partial charge in [0.2, 0.25) is 0 Å². The van der Waals surface area contributed by atoms with E-state index in [9.17, 15) is 9.18 Å². The van der Waals surface area contributed by atoms with E-state index in [0.29, 0.717) is 34.0 Å². The molecule has 1 amide bonds. The van der Waals surface area contributed by atoms with Crippen molar-refractivity contribution in [1.29, 1.82) is 0 Å². The molecule has 0 atom stereocenters. The van der Waals surface area contributed by atoms with Crippen LogP contribution in [0.15, 0.2) is 66.7 Å². The molecular formula is C25H21FN2O3. The highest BCUT2D eigenvalue weighted by Gasteiger charge is 2.17. The van der Waals surface area contributed by atoms with Gasteiger partial charge >= 0.3 is 0 Å². The Morgan fingerprint density at radius 3 is 2.42 bits per heavy atom. The predicted octanol–water partition coefficient (Wildman–Crippen LogP) is 5.62. The number of aryl methyl sites for hydroxylation is 1. The maximum atomic E-state index is 13.2. The molecule has 5 nitrogen and oxygen atoms in total. The fourth-order valence-corrected chi connectivity index (χ4v) is 3.41. The van der Waals surface area contributed by atoms with Crippen LogP contribution in [0.5, 0.6) is 11.5 Å². The third-order valence-corrected chi connectivity index (χ3v) is 5.00. The average Bonchev–Trinajstić information content (AvgIpc) is 2.79. The Morgan fingerprint density at radius 2 is 1.71 bits per heavy atom. The molecule has 3 aromatic carbocycles. The van der Waals surface area contributed by atoms with Crippen molar-refractivity contribution < 1.29 is 18.7 Å². The molecule has 1 N–H and O–H groups in total. The van der Waals surface area contributed by atoms with Gasteiger partial charge in [-0.05, 0) is 61.5 Å². The summed E-state index contributed by atoms with van der Waals surface area (Å²) in [5.74, 6) is 0.574. The molecule has 0 aliphatic carbocycles. The number of benzene rings is 3. The van der Waals surface area contributed by atoms with Gasteiger partial charge in [-0.2, -0.15) is 0 Å². The fourth-order valence-electron chi connectivity index (χ4n) is 3.41. The van der Waals surface area contributed by atoms with E-state index < -0.39 is 0 Å². The third-order valence-electron chi connectivity index (χ3n) is 5.00. The van der Waals surface area contributed by atoms with Gasteiger partial charge in [0.1, 0.15) is 17.3 Å². The maximum Gasteiger partial charge on any atom is 0.256 e. The van der Waals surface area contributed by atoms with Gasteiger partial charge in [-0.3, -0.25) is 4.79 Å². The second-order valence-electron chi connectivity index (χ2n) is 7.10. The van der Waals surface area contributed by atoms with Crippen molar-refractivity contribution in [3.05, 3.63) is 83.7 Å². The number of carbonyl (C=O) groups excluding carboxylic acids is 1. The van der Waals surface area contributed by atoms with Gasteiger partial charge in [-0.15, -0.1) is 0 Å². The number of halogens is 1. The summed E-state index contributed by atoms with van der Waals surface area (Å²) in [6.45, 7) is 1.96. The van der Waals surface area contributed by atoms with E-state index in [4.69, 9.17) is 14.5 Å². The Hall–Kier alpha value is -3.93. The van der Waals surface area contributed by atoms with Crippen LogP contribution in [0.25, 0.3) is 22.2 Å². The largest absolute Gasteiger partial charge is 0.497 e. The van der Waals surface area contributed by atoms with Gasteiger partial charge in [0.05, 0.1) is 31.0 Å². The molecule has 1 heterocycles. The summed E-state index contributed by atoms with van der Waals surface area (Å²) in [5.41, 5.74) is 4.00. The molecule has 4 aromatic rings. The van der Waals surface area contributed by atoms with E-state index in [-0.39, 0.29) is 11.7 Å². The minimum atomic E-state index is -0.364. The lowest BCUT2D eigenvalue weighted by molar-refractivity contribution is 0.102. The van der Waals surface area contributed by atoms with Crippen molar-refractivity contribution in [2.24, 2.45) is 0 Å². The normalized spacial score (nSPS) is 10.7. The van der Waals surface area contributed by atoms with Gasteiger partial charge in [0, 0.05) is 22.7 Å². The number of anilines is 1. The van der Waals surface area contributed by atoms with Crippen molar-refractivity contribution in [1.82, 2.24) is 4.98 Å². The van der Waals surface area contributed by atoms with Crippen molar-refractivity contribution in [3.63, 3.8) is 0 Å². The molecule has 0 unspecified atom stereocenters. The van der Waals surface area contributed by atoms with Crippen molar-refractivity contribution in [2.45, 2.75) is 6.92 Å². The number of rotatable bonds is 5. The second-order valence-corrected chi connectivity index (χ2v) is 7.10. The minimum Gasteiger partial charge on any atom is -0.497 e. The Kier molecular flexibility index (Phi) is 5.54. The van der Waals surface area contributed by atoms with Gasteiger partial charge in [-0.1, -0.05) is 11.6 Å². The van der Waals surface area contributed by atoms with Crippen LogP contribution in [-0.2, 0) is 0 Å². The van der Waals surface area contributed by atoms with Crippen molar-refractivity contribution in [3.8, 4) is 22.8 Å². The number of nitrogens with one attached hydrogen (secondary N) is 1. The molecule has 0 saturated carbocycles. The summed E-state index contributed by atoms with van der Waals surface area (Å²) >= 11 is 0. The van der Waals surface area contributed by atoms with E-state index in [2.05, 4.69) is 5.32 Å². The first-order valence-electron chi connectivity index (χ1n) is 9.69. The zero-order valence-corrected chi connectivity index (χ0v) is 17.4. The first-order chi connectivity index (χ1) is 15.0. The van der Waals surface area contributed by atoms with Crippen LogP contribution in [0, 0.1) is 12.7 Å². The van der Waals surface area contributed by atoms with Crippen LogP contribution >= 0.6 is 0 Å². The number of hydrogen-bond donors (Lipinski definition) is 1. The molecule has 156 valence electrons. The number of ether oxygens (including phenoxy) is 2. The molecule has 0 aliphatic heterocycles. The smallest absolute Gasteiger partial charge is 0.256 e. The molecule has 4 rings (SSSR count). The first-order valence-corrected chi connectivity index (χ1v) is 9.69. The van der Waals surface area contributed by atoms with Gasteiger partial charge < -0.3 is 14.8 Å². The third kappa shape index (κ3) is 4.19. The quantitative estimate of drug-likeness (QED) is 0.459. The van der Waals surface area contributed by atoms with E-state index in [1.165, 1.54) is 24.3 Å². The molecule has 0 aliphatic rings. The Morgan fingerprint density at radius 1 is 0.935 bits per heavy atom. The summed E-state index contributed by atoms with van der Waals surface area (Å²) in [4.78, 5) is 17.9. The number of methoxy groups -OCH3 is 2. The molecule has 0 fully saturated rings. The number of nitrogens with zero attached hydrogens (tertiary/aromatic N) is 1. The summed E-state index contributed by atoms with van der Waals surface area (Å²) in [6, 6.07) is 18.6. The minimum absolute atomic E-state index is 0.307. The van der Waals surface area contributed by atoms with Crippen LogP contribution in [0.1, 0.15) is 15.9 Å². The predicted molar refractivity (Wildman–Crippen MR) is 119 cm³/mol. The zero-order valence-electron chi connectivity index (χ0n) is 17.4. The Labute approximate surface area is 179 Å². The Balaban J connectivity index is 1.85. The average molecular weight is 416 g/mol. The SMILES string of the molecule is COc1ccc(-c2cc(C(=O)Nc3ccc(F)cc3)c3cc(C)ccc3n2)c(OC)c1. The van der Waals surface area contributed by atoms with Gasteiger partial charge in [0.15, 0.2) is 0 Å². The lowest BCUT2D eigenvalue weighted by atomic mass is 10.0. The van der Waals surface area contributed by atoms with E-state index in [1.807, 2.05) is 37.3 Å². The monoisotopic (exact) mass is 416 g/mol. The summed E-state index contributed by atoms with van der Waals surface area (Å²) in [7, 11) is 3.16. The van der Waals surface area contributed by atoms with Crippen LogP contribution in [0.3, 0.4) is 0 Å². The molecule has 31 heavy (non-hydrogen) atoms. The number of fused-ring (bicyclic) bond motifs is 1. The fraction of sp³-hybridized carbons (Fsp3) is 0.120. The lowest BCUT2D eigenvalue weighted by Crippen LogP contribution is -2.13. The van der Waals surface area contributed by atoms with Crippen LogP contribution in [0.2, 0.25) is 0 Å². The standard InChI is InChI=1S/C25H21FN2O3/c1-15-4-11-22-20(12-15)21(25(29)27-17-7-5-16(26)6-8-17)14-23(28-22)19-10-9-18(30-2)13-24(19)31-3/h4-14H,1-3H3,(H,27,29). The number of pyridine rings is 1. The van der Waals surface area contributed by atoms with Gasteiger partial charge in [-0.25, -0.2) is 9.37 Å². The highest BCUT2D eigenvalue weighted by atomic mass is 19.1. The highest BCUT2D eigenvalue weighted by molar-refractivity contribution is 6.13. The number of amides is 1. The van der Waals surface area contributed by atoms with Crippen LogP contribution in [0.4, 0.5) is 10.1 Å². The van der Waals surface area contributed by atoms with Gasteiger partial charge in [0.25, 0.3) is 5.91 Å². The lowest BCUT2D eigenvalue weighted by Gasteiger charge is -2.14. The second kappa shape index (κ2) is 8.44. The maximum absolute atomic E-state index is 13.2. The molecule has 6 heteroatoms. The first kappa shape index (κ1) is 20.3.